The van der Waals surface area contributed by atoms with E-state index in [-0.39, 0.29) is 5.95 Å². The number of benzene rings is 1. The van der Waals surface area contributed by atoms with Gasteiger partial charge in [0.25, 0.3) is 0 Å². The molecule has 0 amide bonds. The predicted molar refractivity (Wildman–Crippen MR) is 84.8 cm³/mol. The molecule has 3 rings (SSSR count). The lowest BCUT2D eigenvalue weighted by molar-refractivity contribution is 0.861. The zero-order valence-electron chi connectivity index (χ0n) is 12.2. The van der Waals surface area contributed by atoms with Gasteiger partial charge in [0, 0.05) is 25.3 Å². The monoisotopic (exact) mass is 284 g/mol. The van der Waals surface area contributed by atoms with Crippen molar-refractivity contribution in [3.63, 3.8) is 0 Å². The summed E-state index contributed by atoms with van der Waals surface area (Å²) in [4.78, 5) is 17.4. The molecule has 1 aliphatic heterocycles. The van der Waals surface area contributed by atoms with Crippen molar-refractivity contribution in [1.29, 1.82) is 0 Å². The third kappa shape index (κ3) is 2.89. The highest BCUT2D eigenvalue weighted by molar-refractivity contribution is 5.58. The third-order valence-corrected chi connectivity index (χ3v) is 3.64. The Morgan fingerprint density at radius 2 is 1.81 bits per heavy atom. The lowest BCUT2D eigenvalue weighted by Gasteiger charge is -2.23. The van der Waals surface area contributed by atoms with E-state index in [9.17, 15) is 0 Å². The molecule has 1 aromatic heterocycles. The summed E-state index contributed by atoms with van der Waals surface area (Å²) in [5.74, 6) is 1.57. The Labute approximate surface area is 124 Å². The van der Waals surface area contributed by atoms with Gasteiger partial charge in [0.05, 0.1) is 0 Å². The molecule has 1 aromatic carbocycles. The fraction of sp³-hybridized carbons (Fsp3) is 0.400. The highest BCUT2D eigenvalue weighted by atomic mass is 15.4. The first kappa shape index (κ1) is 13.6. The van der Waals surface area contributed by atoms with Gasteiger partial charge in [0.1, 0.15) is 0 Å². The van der Waals surface area contributed by atoms with Crippen molar-refractivity contribution < 1.29 is 0 Å². The van der Waals surface area contributed by atoms with Crippen LogP contribution in [-0.4, -0.2) is 34.6 Å². The van der Waals surface area contributed by atoms with Gasteiger partial charge in [-0.15, -0.1) is 0 Å². The zero-order chi connectivity index (χ0) is 14.7. The van der Waals surface area contributed by atoms with Crippen molar-refractivity contribution >= 4 is 23.5 Å². The molecule has 0 aliphatic carbocycles. The van der Waals surface area contributed by atoms with E-state index in [0.717, 1.165) is 25.3 Å². The molecule has 0 atom stereocenters. The van der Waals surface area contributed by atoms with Crippen LogP contribution in [0.5, 0.6) is 0 Å². The highest BCUT2D eigenvalue weighted by Gasteiger charge is 2.19. The molecule has 1 saturated heterocycles. The Balaban J connectivity index is 1.96. The summed E-state index contributed by atoms with van der Waals surface area (Å²) in [6.07, 6.45) is 2.36. The maximum atomic E-state index is 5.88. The van der Waals surface area contributed by atoms with Crippen molar-refractivity contribution in [2.24, 2.45) is 0 Å². The van der Waals surface area contributed by atoms with E-state index in [0.29, 0.717) is 11.9 Å². The molecule has 0 unspecified atom stereocenters. The van der Waals surface area contributed by atoms with E-state index >= 15 is 0 Å². The van der Waals surface area contributed by atoms with Gasteiger partial charge in [-0.25, -0.2) is 0 Å². The fourth-order valence-electron chi connectivity index (χ4n) is 2.60. The predicted octanol–water partition coefficient (Wildman–Crippen LogP) is 2.21. The first-order valence-corrected chi connectivity index (χ1v) is 7.37. The number of nitrogens with two attached hydrogens (primary N) is 1. The summed E-state index contributed by atoms with van der Waals surface area (Å²) in [5.41, 5.74) is 6.94. The van der Waals surface area contributed by atoms with E-state index < -0.39 is 0 Å². The van der Waals surface area contributed by atoms with Gasteiger partial charge < -0.3 is 15.5 Å². The first-order chi connectivity index (χ1) is 10.3. The van der Waals surface area contributed by atoms with E-state index in [1.165, 1.54) is 12.8 Å². The fourth-order valence-corrected chi connectivity index (χ4v) is 2.60. The minimum Gasteiger partial charge on any atom is -0.368 e. The number of anilines is 4. The van der Waals surface area contributed by atoms with Crippen molar-refractivity contribution in [2.75, 3.05) is 35.2 Å². The number of para-hydroxylation sites is 1. The van der Waals surface area contributed by atoms with Crippen LogP contribution in [0.4, 0.5) is 23.5 Å². The van der Waals surface area contributed by atoms with Gasteiger partial charge in [-0.2, -0.15) is 15.0 Å². The Morgan fingerprint density at radius 3 is 2.48 bits per heavy atom. The van der Waals surface area contributed by atoms with Gasteiger partial charge in [0.2, 0.25) is 17.8 Å². The van der Waals surface area contributed by atoms with Crippen LogP contribution >= 0.6 is 0 Å². The number of hydrogen-bond acceptors (Lipinski definition) is 6. The lowest BCUT2D eigenvalue weighted by atomic mass is 10.3. The van der Waals surface area contributed by atoms with E-state index in [1.54, 1.807) is 0 Å². The molecule has 1 fully saturated rings. The minimum absolute atomic E-state index is 0.274. The molecule has 0 spiro atoms. The first-order valence-electron chi connectivity index (χ1n) is 7.37. The number of aromatic nitrogens is 3. The van der Waals surface area contributed by atoms with Gasteiger partial charge >= 0.3 is 0 Å². The van der Waals surface area contributed by atoms with Crippen LogP contribution in [0.1, 0.15) is 19.8 Å². The van der Waals surface area contributed by atoms with Crippen LogP contribution in [0.15, 0.2) is 30.3 Å². The van der Waals surface area contributed by atoms with Crippen LogP contribution < -0.4 is 15.5 Å². The minimum atomic E-state index is 0.274. The summed E-state index contributed by atoms with van der Waals surface area (Å²) in [5, 5.41) is 0. The molecular formula is C15H20N6. The molecule has 0 bridgehead atoms. The quantitative estimate of drug-likeness (QED) is 0.928. The molecule has 0 radical (unpaired) electrons. The average molecular weight is 284 g/mol. The maximum Gasteiger partial charge on any atom is 0.236 e. The van der Waals surface area contributed by atoms with Gasteiger partial charge in [-0.05, 0) is 31.9 Å². The van der Waals surface area contributed by atoms with E-state index in [2.05, 4.69) is 26.8 Å². The summed E-state index contributed by atoms with van der Waals surface area (Å²) < 4.78 is 0. The van der Waals surface area contributed by atoms with Crippen molar-refractivity contribution in [3.05, 3.63) is 30.3 Å². The number of nitrogen functional groups attached to an aromatic ring is 1. The Kier molecular flexibility index (Phi) is 3.85. The molecular weight excluding hydrogens is 264 g/mol. The van der Waals surface area contributed by atoms with Crippen molar-refractivity contribution in [3.8, 4) is 0 Å². The maximum absolute atomic E-state index is 5.88. The Morgan fingerprint density at radius 1 is 1.10 bits per heavy atom. The van der Waals surface area contributed by atoms with Crippen molar-refractivity contribution in [1.82, 2.24) is 15.0 Å². The second-order valence-electron chi connectivity index (χ2n) is 5.07. The van der Waals surface area contributed by atoms with Gasteiger partial charge in [-0.3, -0.25) is 0 Å². The zero-order valence-corrected chi connectivity index (χ0v) is 12.2. The SMILES string of the molecule is CCN(c1ccccc1)c1nc(N)nc(N2CCCC2)n1. The van der Waals surface area contributed by atoms with Crippen LogP contribution in [0.25, 0.3) is 0 Å². The second kappa shape index (κ2) is 5.95. The Hall–Kier alpha value is -2.37. The van der Waals surface area contributed by atoms with E-state index in [4.69, 9.17) is 5.73 Å². The molecule has 1 aliphatic rings. The summed E-state index contributed by atoms with van der Waals surface area (Å²) >= 11 is 0. The van der Waals surface area contributed by atoms with Gasteiger partial charge in [-0.1, -0.05) is 18.2 Å². The molecule has 2 heterocycles. The standard InChI is InChI=1S/C15H20N6/c1-2-21(12-8-4-3-5-9-12)15-18-13(16)17-14(19-15)20-10-6-7-11-20/h3-5,8-9H,2,6-7,10-11H2,1H3,(H2,16,17,18,19). The second-order valence-corrected chi connectivity index (χ2v) is 5.07. The molecule has 110 valence electrons. The number of nitrogens with zero attached hydrogens (tertiary/aromatic N) is 5. The van der Waals surface area contributed by atoms with Crippen LogP contribution in [0.2, 0.25) is 0 Å². The summed E-state index contributed by atoms with van der Waals surface area (Å²) in [7, 11) is 0. The molecule has 6 heteroatoms. The molecule has 2 N–H and O–H groups in total. The largest absolute Gasteiger partial charge is 0.368 e. The van der Waals surface area contributed by atoms with Crippen LogP contribution in [0.3, 0.4) is 0 Å². The van der Waals surface area contributed by atoms with Gasteiger partial charge in [0.15, 0.2) is 0 Å². The summed E-state index contributed by atoms with van der Waals surface area (Å²) in [6, 6.07) is 10.1. The smallest absolute Gasteiger partial charge is 0.236 e. The third-order valence-electron chi connectivity index (χ3n) is 3.64. The number of rotatable bonds is 4. The molecule has 2 aromatic rings. The number of hydrogen-bond donors (Lipinski definition) is 1. The van der Waals surface area contributed by atoms with E-state index in [1.807, 2.05) is 35.2 Å². The van der Waals surface area contributed by atoms with Crippen LogP contribution in [0, 0.1) is 0 Å². The molecule has 6 nitrogen and oxygen atoms in total. The molecule has 0 saturated carbocycles. The topological polar surface area (TPSA) is 71.2 Å². The molecule has 21 heavy (non-hydrogen) atoms. The van der Waals surface area contributed by atoms with Crippen LogP contribution in [-0.2, 0) is 0 Å². The lowest BCUT2D eigenvalue weighted by Crippen LogP contribution is -2.25. The van der Waals surface area contributed by atoms with Crippen molar-refractivity contribution in [2.45, 2.75) is 19.8 Å². The average Bonchev–Trinajstić information content (AvgIpc) is 3.03. The normalized spacial score (nSPS) is 14.4. The summed E-state index contributed by atoms with van der Waals surface area (Å²) in [6.45, 7) is 4.82. The Bertz CT molecular complexity index is 594. The highest BCUT2D eigenvalue weighted by Crippen LogP contribution is 2.24.